The number of hydrogen-bond acceptors (Lipinski definition) is 2. The molecule has 2 nitrogen and oxygen atoms in total. The first-order valence-electron chi connectivity index (χ1n) is 5.00. The van der Waals surface area contributed by atoms with E-state index in [1.54, 1.807) is 0 Å². The number of benzene rings is 1. The van der Waals surface area contributed by atoms with E-state index in [0.717, 1.165) is 25.1 Å². The molecule has 0 unspecified atom stereocenters. The molecule has 1 aromatic carbocycles. The van der Waals surface area contributed by atoms with Gasteiger partial charge in [0.15, 0.2) is 4.67 Å². The van der Waals surface area contributed by atoms with E-state index >= 15 is 0 Å². The predicted molar refractivity (Wildman–Crippen MR) is 80.3 cm³/mol. The zero-order valence-corrected chi connectivity index (χ0v) is 13.8. The van der Waals surface area contributed by atoms with E-state index in [0.29, 0.717) is 6.54 Å². The van der Waals surface area contributed by atoms with Gasteiger partial charge in [0.2, 0.25) is 0 Å². The van der Waals surface area contributed by atoms with Crippen LogP contribution in [-0.2, 0) is 6.54 Å². The SMILES string of the molecule is Cc1cc(Br)ccc1NCc1cc(Br)c(Br)o1. The highest BCUT2D eigenvalue weighted by Crippen LogP contribution is 2.27. The van der Waals surface area contributed by atoms with E-state index in [1.807, 2.05) is 18.2 Å². The quantitative estimate of drug-likeness (QED) is 0.706. The molecule has 0 spiro atoms. The second-order valence-corrected chi connectivity index (χ2v) is 6.14. The fourth-order valence-corrected chi connectivity index (χ4v) is 2.62. The molecule has 0 radical (unpaired) electrons. The summed E-state index contributed by atoms with van der Waals surface area (Å²) in [7, 11) is 0. The van der Waals surface area contributed by atoms with Crippen LogP contribution in [0, 0.1) is 6.92 Å². The van der Waals surface area contributed by atoms with Gasteiger partial charge in [-0.3, -0.25) is 0 Å². The predicted octanol–water partition coefficient (Wildman–Crippen LogP) is 5.49. The van der Waals surface area contributed by atoms with Crippen LogP contribution in [0.25, 0.3) is 0 Å². The summed E-state index contributed by atoms with van der Waals surface area (Å²) in [6, 6.07) is 8.09. The first kappa shape index (κ1) is 13.2. The standard InChI is InChI=1S/C12H10Br3NO/c1-7-4-8(13)2-3-11(7)16-6-9-5-10(14)12(15)17-9/h2-5,16H,6H2,1H3. The maximum Gasteiger partial charge on any atom is 0.183 e. The third-order valence-corrected chi connectivity index (χ3v) is 4.54. The molecule has 2 aromatic rings. The third kappa shape index (κ3) is 3.36. The molecule has 0 atom stereocenters. The van der Waals surface area contributed by atoms with Gasteiger partial charge in [-0.2, -0.15) is 0 Å². The molecule has 0 bridgehead atoms. The smallest absolute Gasteiger partial charge is 0.183 e. The average Bonchev–Trinajstić information content (AvgIpc) is 2.57. The number of aryl methyl sites for hydroxylation is 1. The van der Waals surface area contributed by atoms with Gasteiger partial charge in [-0.05, 0) is 68.6 Å². The highest BCUT2D eigenvalue weighted by Gasteiger charge is 2.06. The van der Waals surface area contributed by atoms with Gasteiger partial charge in [0.05, 0.1) is 11.0 Å². The Morgan fingerprint density at radius 3 is 2.53 bits per heavy atom. The summed E-state index contributed by atoms with van der Waals surface area (Å²) in [5, 5.41) is 3.34. The molecule has 1 N–H and O–H groups in total. The first-order valence-corrected chi connectivity index (χ1v) is 7.38. The molecule has 0 amide bonds. The van der Waals surface area contributed by atoms with E-state index in [2.05, 4.69) is 66.1 Å². The molecular formula is C12H10Br3NO. The van der Waals surface area contributed by atoms with Crippen LogP contribution in [0.3, 0.4) is 0 Å². The maximum atomic E-state index is 5.50. The third-order valence-electron chi connectivity index (χ3n) is 2.34. The molecule has 0 fully saturated rings. The minimum absolute atomic E-state index is 0.659. The zero-order valence-electron chi connectivity index (χ0n) is 9.06. The first-order chi connectivity index (χ1) is 8.06. The van der Waals surface area contributed by atoms with Gasteiger partial charge in [0.25, 0.3) is 0 Å². The van der Waals surface area contributed by atoms with Gasteiger partial charge in [-0.15, -0.1) is 0 Å². The van der Waals surface area contributed by atoms with Crippen molar-refractivity contribution in [1.82, 2.24) is 0 Å². The van der Waals surface area contributed by atoms with Crippen molar-refractivity contribution >= 4 is 53.5 Å². The van der Waals surface area contributed by atoms with Crippen molar-refractivity contribution in [2.24, 2.45) is 0 Å². The molecule has 0 aliphatic carbocycles. The molecule has 2 rings (SSSR count). The number of anilines is 1. The lowest BCUT2D eigenvalue weighted by Crippen LogP contribution is -1.99. The lowest BCUT2D eigenvalue weighted by Gasteiger charge is -2.08. The largest absolute Gasteiger partial charge is 0.451 e. The number of furan rings is 1. The van der Waals surface area contributed by atoms with E-state index in [1.165, 1.54) is 5.56 Å². The van der Waals surface area contributed by atoms with Crippen molar-refractivity contribution in [1.29, 1.82) is 0 Å². The van der Waals surface area contributed by atoms with Crippen molar-refractivity contribution < 1.29 is 4.42 Å². The van der Waals surface area contributed by atoms with Gasteiger partial charge in [-0.25, -0.2) is 0 Å². The van der Waals surface area contributed by atoms with Gasteiger partial charge >= 0.3 is 0 Å². The maximum absolute atomic E-state index is 5.50. The summed E-state index contributed by atoms with van der Waals surface area (Å²) in [6.45, 7) is 2.73. The van der Waals surface area contributed by atoms with Gasteiger partial charge in [0.1, 0.15) is 5.76 Å². The van der Waals surface area contributed by atoms with E-state index in [4.69, 9.17) is 4.42 Å². The number of halogens is 3. The Morgan fingerprint density at radius 2 is 1.94 bits per heavy atom. The van der Waals surface area contributed by atoms with Crippen LogP contribution in [0.15, 0.2) is 42.3 Å². The van der Waals surface area contributed by atoms with Gasteiger partial charge in [0, 0.05) is 10.2 Å². The topological polar surface area (TPSA) is 25.2 Å². The molecule has 0 aliphatic heterocycles. The van der Waals surface area contributed by atoms with Gasteiger partial charge in [-0.1, -0.05) is 15.9 Å². The Labute approximate surface area is 125 Å². The Hall–Kier alpha value is -0.260. The molecule has 0 saturated carbocycles. The van der Waals surface area contributed by atoms with Crippen molar-refractivity contribution in [2.45, 2.75) is 13.5 Å². The lowest BCUT2D eigenvalue weighted by atomic mass is 10.2. The van der Waals surface area contributed by atoms with Crippen LogP contribution in [0.5, 0.6) is 0 Å². The van der Waals surface area contributed by atoms with Crippen molar-refractivity contribution in [3.8, 4) is 0 Å². The van der Waals surface area contributed by atoms with Crippen LogP contribution in [0.4, 0.5) is 5.69 Å². The summed E-state index contributed by atoms with van der Waals surface area (Å²) >= 11 is 10.2. The molecule has 0 aliphatic rings. The summed E-state index contributed by atoms with van der Waals surface area (Å²) < 4.78 is 8.24. The van der Waals surface area contributed by atoms with Crippen molar-refractivity contribution in [3.05, 3.63) is 49.2 Å². The highest BCUT2D eigenvalue weighted by atomic mass is 79.9. The molecule has 1 aromatic heterocycles. The Morgan fingerprint density at radius 1 is 1.18 bits per heavy atom. The normalized spacial score (nSPS) is 10.6. The molecule has 5 heteroatoms. The van der Waals surface area contributed by atoms with Crippen molar-refractivity contribution in [3.63, 3.8) is 0 Å². The molecule has 1 heterocycles. The number of nitrogens with one attached hydrogen (secondary N) is 1. The average molecular weight is 424 g/mol. The minimum Gasteiger partial charge on any atom is -0.451 e. The second kappa shape index (κ2) is 5.59. The monoisotopic (exact) mass is 421 g/mol. The Bertz CT molecular complexity index is 517. The summed E-state index contributed by atoms with van der Waals surface area (Å²) in [4.78, 5) is 0. The number of hydrogen-bond donors (Lipinski definition) is 1. The molecule has 90 valence electrons. The van der Waals surface area contributed by atoms with Crippen molar-refractivity contribution in [2.75, 3.05) is 5.32 Å². The van der Waals surface area contributed by atoms with Crippen LogP contribution >= 0.6 is 47.8 Å². The summed E-state index contributed by atoms with van der Waals surface area (Å²) in [5.41, 5.74) is 2.31. The van der Waals surface area contributed by atoms with Crippen LogP contribution in [0.1, 0.15) is 11.3 Å². The van der Waals surface area contributed by atoms with E-state index in [9.17, 15) is 0 Å². The van der Waals surface area contributed by atoms with E-state index < -0.39 is 0 Å². The molecule has 0 saturated heterocycles. The fraction of sp³-hybridized carbons (Fsp3) is 0.167. The fourth-order valence-electron chi connectivity index (χ4n) is 1.49. The molecule has 17 heavy (non-hydrogen) atoms. The second-order valence-electron chi connectivity index (χ2n) is 3.65. The highest BCUT2D eigenvalue weighted by molar-refractivity contribution is 9.13. The summed E-state index contributed by atoms with van der Waals surface area (Å²) in [6.07, 6.45) is 0. The minimum atomic E-state index is 0.659. The lowest BCUT2D eigenvalue weighted by molar-refractivity contribution is 0.494. The van der Waals surface area contributed by atoms with Crippen LogP contribution in [0.2, 0.25) is 0 Å². The van der Waals surface area contributed by atoms with Crippen LogP contribution in [-0.4, -0.2) is 0 Å². The van der Waals surface area contributed by atoms with E-state index in [-0.39, 0.29) is 0 Å². The summed E-state index contributed by atoms with van der Waals surface area (Å²) in [5.74, 6) is 0.881. The molecular weight excluding hydrogens is 414 g/mol. The van der Waals surface area contributed by atoms with Gasteiger partial charge < -0.3 is 9.73 Å². The Kier molecular flexibility index (Phi) is 4.33. The number of rotatable bonds is 3. The Balaban J connectivity index is 2.07. The zero-order chi connectivity index (χ0) is 12.4. The van der Waals surface area contributed by atoms with Crippen LogP contribution < -0.4 is 5.32 Å².